The van der Waals surface area contributed by atoms with Crippen LogP contribution in [-0.4, -0.2) is 24.1 Å². The molecule has 4 aromatic rings. The summed E-state index contributed by atoms with van der Waals surface area (Å²) in [6.07, 6.45) is 3.97. The average Bonchev–Trinajstić information content (AvgIpc) is 3.20. The van der Waals surface area contributed by atoms with Gasteiger partial charge in [0.15, 0.2) is 5.65 Å². The summed E-state index contributed by atoms with van der Waals surface area (Å²) in [5.74, 6) is 0.119. The van der Waals surface area contributed by atoms with Gasteiger partial charge >= 0.3 is 0 Å². The SMILES string of the molecule is FC(F)c1nc2c(-n3ncc4cccc(Cl)c43)cncn2c1C1CC1. The molecule has 0 radical (unpaired) electrons. The smallest absolute Gasteiger partial charge is 0.282 e. The monoisotopic (exact) mass is 359 g/mol. The summed E-state index contributed by atoms with van der Waals surface area (Å²) < 4.78 is 30.3. The van der Waals surface area contributed by atoms with Crippen LogP contribution in [0.1, 0.15) is 36.6 Å². The van der Waals surface area contributed by atoms with Gasteiger partial charge in [-0.2, -0.15) is 5.10 Å². The van der Waals surface area contributed by atoms with E-state index in [9.17, 15) is 8.78 Å². The number of aromatic nitrogens is 5. The van der Waals surface area contributed by atoms with Crippen LogP contribution in [0.15, 0.2) is 36.9 Å². The van der Waals surface area contributed by atoms with E-state index in [1.165, 1.54) is 0 Å². The number of alkyl halides is 2. The van der Waals surface area contributed by atoms with Crippen LogP contribution in [0.2, 0.25) is 5.02 Å². The second-order valence-electron chi connectivity index (χ2n) is 6.16. The molecule has 3 heterocycles. The third-order valence-electron chi connectivity index (χ3n) is 4.53. The van der Waals surface area contributed by atoms with E-state index in [1.807, 2.05) is 12.1 Å². The van der Waals surface area contributed by atoms with Gasteiger partial charge < -0.3 is 0 Å². The predicted octanol–water partition coefficient (Wildman–Crippen LogP) is 4.54. The van der Waals surface area contributed by atoms with E-state index in [1.54, 1.807) is 33.9 Å². The summed E-state index contributed by atoms with van der Waals surface area (Å²) in [5, 5.41) is 5.76. The molecular formula is C17H12ClF2N5. The summed E-state index contributed by atoms with van der Waals surface area (Å²) in [6.45, 7) is 0. The minimum Gasteiger partial charge on any atom is -0.285 e. The maximum atomic E-state index is 13.5. The van der Waals surface area contributed by atoms with Crippen molar-refractivity contribution in [1.29, 1.82) is 0 Å². The third-order valence-corrected chi connectivity index (χ3v) is 4.83. The third kappa shape index (κ3) is 2.15. The van der Waals surface area contributed by atoms with E-state index in [-0.39, 0.29) is 11.6 Å². The molecule has 1 fully saturated rings. The standard InChI is InChI=1S/C17H12ClF2N5/c18-11-3-1-2-10-6-22-25(14(10)11)12-7-21-8-24-15(9-4-5-9)13(16(19)20)23-17(12)24/h1-3,6-9,16H,4-5H2. The topological polar surface area (TPSA) is 48.0 Å². The maximum absolute atomic E-state index is 13.5. The quantitative estimate of drug-likeness (QED) is 0.539. The zero-order valence-corrected chi connectivity index (χ0v) is 13.7. The van der Waals surface area contributed by atoms with Crippen molar-refractivity contribution in [3.05, 3.63) is 53.3 Å². The molecule has 0 bridgehead atoms. The predicted molar refractivity (Wildman–Crippen MR) is 89.6 cm³/mol. The van der Waals surface area contributed by atoms with Crippen LogP contribution < -0.4 is 0 Å². The fraction of sp³-hybridized carbons (Fsp3) is 0.235. The Bertz CT molecular complexity index is 1110. The zero-order chi connectivity index (χ0) is 17.1. The van der Waals surface area contributed by atoms with Crippen molar-refractivity contribution in [3.8, 4) is 5.69 Å². The number of fused-ring (bicyclic) bond motifs is 2. The first-order valence-electron chi connectivity index (χ1n) is 7.92. The maximum Gasteiger partial charge on any atom is 0.282 e. The molecule has 0 N–H and O–H groups in total. The Morgan fingerprint density at radius 2 is 2.04 bits per heavy atom. The Morgan fingerprint density at radius 3 is 2.80 bits per heavy atom. The number of halogens is 3. The average molecular weight is 360 g/mol. The van der Waals surface area contributed by atoms with Crippen LogP contribution in [0.3, 0.4) is 0 Å². The van der Waals surface area contributed by atoms with Gasteiger partial charge in [-0.05, 0) is 18.9 Å². The largest absolute Gasteiger partial charge is 0.285 e. The van der Waals surface area contributed by atoms with Crippen molar-refractivity contribution in [2.75, 3.05) is 0 Å². The molecule has 8 heteroatoms. The Hall–Kier alpha value is -2.54. The van der Waals surface area contributed by atoms with Crippen molar-refractivity contribution in [1.82, 2.24) is 24.1 Å². The van der Waals surface area contributed by atoms with Crippen LogP contribution in [-0.2, 0) is 0 Å². The van der Waals surface area contributed by atoms with Crippen molar-refractivity contribution in [2.24, 2.45) is 0 Å². The van der Waals surface area contributed by atoms with E-state index in [0.717, 1.165) is 18.2 Å². The van der Waals surface area contributed by atoms with Gasteiger partial charge in [-0.15, -0.1) is 0 Å². The van der Waals surface area contributed by atoms with Crippen molar-refractivity contribution in [2.45, 2.75) is 25.2 Å². The van der Waals surface area contributed by atoms with Gasteiger partial charge in [0.25, 0.3) is 6.43 Å². The summed E-state index contributed by atoms with van der Waals surface area (Å²) in [7, 11) is 0. The first-order chi connectivity index (χ1) is 12.1. The molecule has 5 nitrogen and oxygen atoms in total. The summed E-state index contributed by atoms with van der Waals surface area (Å²) >= 11 is 6.32. The van der Waals surface area contributed by atoms with Gasteiger partial charge in [0.2, 0.25) is 0 Å². The molecule has 0 spiro atoms. The Kier molecular flexibility index (Phi) is 3.09. The van der Waals surface area contributed by atoms with E-state index in [2.05, 4.69) is 15.1 Å². The molecule has 3 aromatic heterocycles. The number of para-hydroxylation sites is 1. The molecule has 0 unspecified atom stereocenters. The molecule has 1 aliphatic carbocycles. The highest BCUT2D eigenvalue weighted by Crippen LogP contribution is 2.44. The van der Waals surface area contributed by atoms with Gasteiger partial charge in [-0.1, -0.05) is 23.7 Å². The molecule has 1 aliphatic rings. The molecule has 25 heavy (non-hydrogen) atoms. The lowest BCUT2D eigenvalue weighted by Gasteiger charge is -2.07. The second-order valence-corrected chi connectivity index (χ2v) is 6.57. The fourth-order valence-corrected chi connectivity index (χ4v) is 3.54. The molecular weight excluding hydrogens is 348 g/mol. The first kappa shape index (κ1) is 14.8. The van der Waals surface area contributed by atoms with E-state index in [0.29, 0.717) is 27.6 Å². The fourth-order valence-electron chi connectivity index (χ4n) is 3.28. The molecule has 5 rings (SSSR count). The molecule has 1 aromatic carbocycles. The minimum atomic E-state index is -2.62. The van der Waals surface area contributed by atoms with Gasteiger partial charge in [-0.3, -0.25) is 4.40 Å². The van der Waals surface area contributed by atoms with Gasteiger partial charge in [0, 0.05) is 11.3 Å². The van der Waals surface area contributed by atoms with Crippen LogP contribution in [0.5, 0.6) is 0 Å². The first-order valence-corrected chi connectivity index (χ1v) is 8.29. The Labute approximate surface area is 145 Å². The molecule has 126 valence electrons. The van der Waals surface area contributed by atoms with Crippen LogP contribution in [0.4, 0.5) is 8.78 Å². The highest BCUT2D eigenvalue weighted by atomic mass is 35.5. The lowest BCUT2D eigenvalue weighted by molar-refractivity contribution is 0.145. The number of rotatable bonds is 3. The van der Waals surface area contributed by atoms with E-state index >= 15 is 0 Å². The van der Waals surface area contributed by atoms with Gasteiger partial charge in [-0.25, -0.2) is 23.4 Å². The van der Waals surface area contributed by atoms with Crippen LogP contribution in [0.25, 0.3) is 22.2 Å². The molecule has 0 atom stereocenters. The lowest BCUT2D eigenvalue weighted by Crippen LogP contribution is -2.02. The van der Waals surface area contributed by atoms with Crippen molar-refractivity contribution >= 4 is 28.2 Å². The summed E-state index contributed by atoms with van der Waals surface area (Å²) in [4.78, 5) is 8.46. The molecule has 0 saturated heterocycles. The number of imidazole rings is 1. The Balaban J connectivity index is 1.83. The van der Waals surface area contributed by atoms with Crippen LogP contribution in [0, 0.1) is 0 Å². The normalized spacial score (nSPS) is 14.9. The van der Waals surface area contributed by atoms with E-state index in [4.69, 9.17) is 11.6 Å². The van der Waals surface area contributed by atoms with Crippen molar-refractivity contribution < 1.29 is 8.78 Å². The van der Waals surface area contributed by atoms with Crippen molar-refractivity contribution in [3.63, 3.8) is 0 Å². The lowest BCUT2D eigenvalue weighted by atomic mass is 10.2. The molecule has 0 aliphatic heterocycles. The number of hydrogen-bond donors (Lipinski definition) is 0. The molecule has 1 saturated carbocycles. The number of nitrogens with zero attached hydrogens (tertiary/aromatic N) is 5. The van der Waals surface area contributed by atoms with Crippen LogP contribution >= 0.6 is 11.6 Å². The summed E-state index contributed by atoms with van der Waals surface area (Å²) in [5.41, 5.74) is 2.03. The number of benzene rings is 1. The number of hydrogen-bond acceptors (Lipinski definition) is 3. The zero-order valence-electron chi connectivity index (χ0n) is 12.9. The molecule has 0 amide bonds. The highest BCUT2D eigenvalue weighted by Gasteiger charge is 2.34. The minimum absolute atomic E-state index is 0.119. The van der Waals surface area contributed by atoms with Gasteiger partial charge in [0.1, 0.15) is 17.7 Å². The van der Waals surface area contributed by atoms with Gasteiger partial charge in [0.05, 0.1) is 28.6 Å². The second kappa shape index (κ2) is 5.23. The Morgan fingerprint density at radius 1 is 1.20 bits per heavy atom. The highest BCUT2D eigenvalue weighted by molar-refractivity contribution is 6.35. The summed E-state index contributed by atoms with van der Waals surface area (Å²) in [6, 6.07) is 5.50. The van der Waals surface area contributed by atoms with E-state index < -0.39 is 6.43 Å².